The van der Waals surface area contributed by atoms with Gasteiger partial charge in [0, 0.05) is 17.6 Å². The Bertz CT molecular complexity index is 1480. The number of carbonyl (C=O) groups excluding carboxylic acids is 2. The van der Waals surface area contributed by atoms with E-state index in [0.29, 0.717) is 0 Å². The summed E-state index contributed by atoms with van der Waals surface area (Å²) in [5, 5.41) is 3.39. The van der Waals surface area contributed by atoms with Crippen molar-refractivity contribution in [2.45, 2.75) is 69.5 Å². The van der Waals surface area contributed by atoms with Crippen LogP contribution in [0.5, 0.6) is 5.75 Å². The lowest BCUT2D eigenvalue weighted by Crippen LogP contribution is -2.53. The number of ether oxygens (including phenoxy) is 1. The number of hydrogen-bond donors (Lipinski definition) is 1. The van der Waals surface area contributed by atoms with Gasteiger partial charge in [-0.05, 0) is 62.6 Å². The highest BCUT2D eigenvalue weighted by molar-refractivity contribution is 7.92. The maximum absolute atomic E-state index is 14.2. The van der Waals surface area contributed by atoms with E-state index in [-0.39, 0.29) is 39.8 Å². The van der Waals surface area contributed by atoms with Crippen LogP contribution in [-0.2, 0) is 26.2 Å². The molecule has 3 aromatic rings. The number of hydrogen-bond acceptors (Lipinski definition) is 5. The number of methoxy groups -OCH3 is 1. The number of nitrogens with one attached hydrogen (secondary N) is 1. The highest BCUT2D eigenvalue weighted by atomic mass is 35.5. The predicted octanol–water partition coefficient (Wildman–Crippen LogP) is 5.72. The zero-order valence-electron chi connectivity index (χ0n) is 24.3. The first-order valence-corrected chi connectivity index (χ1v) is 16.0. The van der Waals surface area contributed by atoms with Crippen LogP contribution < -0.4 is 14.4 Å². The minimum Gasteiger partial charge on any atom is -0.495 e. The number of amides is 2. The average Bonchev–Trinajstić information content (AvgIpc) is 2.99. The zero-order valence-corrected chi connectivity index (χ0v) is 25.8. The molecule has 3 aromatic carbocycles. The fourth-order valence-corrected chi connectivity index (χ4v) is 6.72. The molecule has 1 N–H and O–H groups in total. The molecule has 1 atom stereocenters. The number of carbonyl (C=O) groups is 2. The Kier molecular flexibility index (Phi) is 10.5. The summed E-state index contributed by atoms with van der Waals surface area (Å²) in [5.74, 6) is -0.567. The number of anilines is 1. The normalized spacial score (nSPS) is 14.6. The van der Waals surface area contributed by atoms with E-state index < -0.39 is 28.5 Å². The van der Waals surface area contributed by atoms with E-state index in [1.54, 1.807) is 31.2 Å². The molecular weight excluding hydrogens is 574 g/mol. The van der Waals surface area contributed by atoms with Crippen LogP contribution in [0.2, 0.25) is 5.02 Å². The van der Waals surface area contributed by atoms with Crippen LogP contribution in [0.4, 0.5) is 5.69 Å². The number of sulfonamides is 1. The van der Waals surface area contributed by atoms with E-state index in [9.17, 15) is 18.0 Å². The van der Waals surface area contributed by atoms with E-state index >= 15 is 0 Å². The van der Waals surface area contributed by atoms with Gasteiger partial charge in [-0.2, -0.15) is 0 Å². The Morgan fingerprint density at radius 3 is 2.31 bits per heavy atom. The van der Waals surface area contributed by atoms with Crippen LogP contribution in [0.3, 0.4) is 0 Å². The molecule has 8 nitrogen and oxygen atoms in total. The maximum atomic E-state index is 14.2. The average molecular weight is 612 g/mol. The molecule has 1 fully saturated rings. The van der Waals surface area contributed by atoms with E-state index in [2.05, 4.69) is 5.32 Å². The molecule has 10 heteroatoms. The van der Waals surface area contributed by atoms with Crippen molar-refractivity contribution in [1.29, 1.82) is 0 Å². The summed E-state index contributed by atoms with van der Waals surface area (Å²) in [6, 6.07) is 19.5. The first kappa shape index (κ1) is 31.4. The van der Waals surface area contributed by atoms with E-state index in [1.165, 1.54) is 30.2 Å². The molecule has 2 amide bonds. The summed E-state index contributed by atoms with van der Waals surface area (Å²) >= 11 is 6.30. The smallest absolute Gasteiger partial charge is 0.264 e. The quantitative estimate of drug-likeness (QED) is 0.299. The largest absolute Gasteiger partial charge is 0.495 e. The third-order valence-electron chi connectivity index (χ3n) is 7.61. The fourth-order valence-electron chi connectivity index (χ4n) is 5.14. The maximum Gasteiger partial charge on any atom is 0.264 e. The number of halogens is 1. The van der Waals surface area contributed by atoms with Crippen molar-refractivity contribution < 1.29 is 22.7 Å². The van der Waals surface area contributed by atoms with Crippen LogP contribution in [-0.4, -0.2) is 50.9 Å². The summed E-state index contributed by atoms with van der Waals surface area (Å²) in [5.41, 5.74) is 1.83. The second kappa shape index (κ2) is 14.1. The second-order valence-electron chi connectivity index (χ2n) is 10.7. The minimum absolute atomic E-state index is 0.0145. The number of aryl methyl sites for hydroxylation is 1. The SMILES string of the molecule is COc1ccc(Cl)cc1N(CC(=O)N(Cc1ccccc1)[C@@H](C)C(=O)NC1CCCCC1)S(=O)(=O)c1ccc(C)cc1. The summed E-state index contributed by atoms with van der Waals surface area (Å²) < 4.78 is 34.7. The van der Waals surface area contributed by atoms with Crippen LogP contribution in [0.25, 0.3) is 0 Å². The van der Waals surface area contributed by atoms with E-state index in [0.717, 1.165) is 47.5 Å². The lowest BCUT2D eigenvalue weighted by Gasteiger charge is -2.33. The summed E-state index contributed by atoms with van der Waals surface area (Å²) in [7, 11) is -2.82. The molecule has 0 aromatic heterocycles. The van der Waals surface area contributed by atoms with Gasteiger partial charge < -0.3 is 15.0 Å². The standard InChI is InChI=1S/C32H38ClN3O5S/c1-23-14-17-28(18-15-23)42(39,40)36(29-20-26(33)16-19-30(29)41-3)22-31(37)35(21-25-10-6-4-7-11-25)24(2)32(38)34-27-12-8-5-9-13-27/h4,6-7,10-11,14-20,24,27H,5,8-9,12-13,21-22H2,1-3H3,(H,34,38)/t24-/m0/s1. The Hall–Kier alpha value is -3.56. The fraction of sp³-hybridized carbons (Fsp3) is 0.375. The predicted molar refractivity (Wildman–Crippen MR) is 165 cm³/mol. The molecule has 1 aliphatic rings. The highest BCUT2D eigenvalue weighted by Crippen LogP contribution is 2.35. The van der Waals surface area contributed by atoms with Gasteiger partial charge in [-0.1, -0.05) is 78.9 Å². The van der Waals surface area contributed by atoms with Crippen molar-refractivity contribution in [3.8, 4) is 5.75 Å². The highest BCUT2D eigenvalue weighted by Gasteiger charge is 2.34. The molecule has 1 aliphatic carbocycles. The Morgan fingerprint density at radius 1 is 1.00 bits per heavy atom. The van der Waals surface area contributed by atoms with Crippen molar-refractivity contribution in [1.82, 2.24) is 10.2 Å². The molecule has 0 heterocycles. The molecule has 0 bridgehead atoms. The van der Waals surface area contributed by atoms with Crippen LogP contribution in [0.1, 0.15) is 50.2 Å². The van der Waals surface area contributed by atoms with Crippen LogP contribution >= 0.6 is 11.6 Å². The monoisotopic (exact) mass is 611 g/mol. The van der Waals surface area contributed by atoms with Crippen LogP contribution in [0.15, 0.2) is 77.7 Å². The molecule has 4 rings (SSSR count). The van der Waals surface area contributed by atoms with Crippen molar-refractivity contribution in [2.75, 3.05) is 18.0 Å². The Labute approximate surface area is 253 Å². The summed E-state index contributed by atoms with van der Waals surface area (Å²) in [6.07, 6.45) is 5.07. The van der Waals surface area contributed by atoms with Crippen molar-refractivity contribution in [3.05, 3.63) is 88.9 Å². The molecule has 0 unspecified atom stereocenters. The van der Waals surface area contributed by atoms with Crippen molar-refractivity contribution in [2.24, 2.45) is 0 Å². The lowest BCUT2D eigenvalue weighted by atomic mass is 9.95. The van der Waals surface area contributed by atoms with E-state index in [4.69, 9.17) is 16.3 Å². The first-order valence-electron chi connectivity index (χ1n) is 14.2. The molecule has 0 aliphatic heterocycles. The van der Waals surface area contributed by atoms with Gasteiger partial charge in [-0.25, -0.2) is 8.42 Å². The minimum atomic E-state index is -4.24. The van der Waals surface area contributed by atoms with E-state index in [1.807, 2.05) is 37.3 Å². The van der Waals surface area contributed by atoms with Gasteiger partial charge in [0.25, 0.3) is 10.0 Å². The van der Waals surface area contributed by atoms with Gasteiger partial charge in [0.1, 0.15) is 18.3 Å². The first-order chi connectivity index (χ1) is 20.1. The third-order valence-corrected chi connectivity index (χ3v) is 9.62. The van der Waals surface area contributed by atoms with Gasteiger partial charge >= 0.3 is 0 Å². The zero-order chi connectivity index (χ0) is 30.3. The van der Waals surface area contributed by atoms with Crippen molar-refractivity contribution in [3.63, 3.8) is 0 Å². The van der Waals surface area contributed by atoms with Gasteiger partial charge in [0.05, 0.1) is 17.7 Å². The van der Waals surface area contributed by atoms with Gasteiger partial charge in [0.15, 0.2) is 0 Å². The number of nitrogens with zero attached hydrogens (tertiary/aromatic N) is 2. The molecule has 1 saturated carbocycles. The van der Waals surface area contributed by atoms with Gasteiger partial charge in [-0.3, -0.25) is 13.9 Å². The third kappa shape index (κ3) is 7.63. The topological polar surface area (TPSA) is 96.0 Å². The molecule has 42 heavy (non-hydrogen) atoms. The lowest BCUT2D eigenvalue weighted by molar-refractivity contribution is -0.139. The van der Waals surface area contributed by atoms with Gasteiger partial charge in [-0.15, -0.1) is 0 Å². The van der Waals surface area contributed by atoms with Gasteiger partial charge in [0.2, 0.25) is 11.8 Å². The Balaban J connectivity index is 1.71. The summed E-state index contributed by atoms with van der Waals surface area (Å²) in [6.45, 7) is 3.10. The second-order valence-corrected chi connectivity index (χ2v) is 13.0. The number of benzene rings is 3. The molecule has 224 valence electrons. The molecular formula is C32H38ClN3O5S. The van der Waals surface area contributed by atoms with Crippen LogP contribution in [0, 0.1) is 6.92 Å². The Morgan fingerprint density at radius 2 is 1.67 bits per heavy atom. The molecule has 0 radical (unpaired) electrons. The summed E-state index contributed by atoms with van der Waals surface area (Å²) in [4.78, 5) is 29.0. The number of rotatable bonds is 11. The molecule has 0 spiro atoms. The van der Waals surface area contributed by atoms with Crippen molar-refractivity contribution >= 4 is 39.1 Å². The molecule has 0 saturated heterocycles.